The van der Waals surface area contributed by atoms with Gasteiger partial charge in [0.15, 0.2) is 6.61 Å². The summed E-state index contributed by atoms with van der Waals surface area (Å²) in [5.41, 5.74) is 3.84. The minimum atomic E-state index is -0.606. The Balaban J connectivity index is 1.54. The Morgan fingerprint density at radius 3 is 2.62 bits per heavy atom. The van der Waals surface area contributed by atoms with Crippen molar-refractivity contribution in [2.24, 2.45) is 5.92 Å². The second-order valence-corrected chi connectivity index (χ2v) is 6.97. The summed E-state index contributed by atoms with van der Waals surface area (Å²) in [4.78, 5) is 38.3. The van der Waals surface area contributed by atoms with Gasteiger partial charge in [0.25, 0.3) is 5.91 Å². The first-order valence-corrected chi connectivity index (χ1v) is 9.22. The van der Waals surface area contributed by atoms with Crippen LogP contribution in [-0.4, -0.2) is 30.9 Å². The van der Waals surface area contributed by atoms with Gasteiger partial charge in [-0.25, -0.2) is 0 Å². The molecule has 2 aromatic rings. The number of aryl methyl sites for hydroxylation is 1. The van der Waals surface area contributed by atoms with Crippen LogP contribution in [0.1, 0.15) is 23.1 Å². The van der Waals surface area contributed by atoms with E-state index < -0.39 is 24.4 Å². The first-order chi connectivity index (χ1) is 13.9. The number of benzene rings is 2. The molecule has 1 atom stereocenters. The summed E-state index contributed by atoms with van der Waals surface area (Å²) in [5, 5.41) is 11.4. The molecule has 1 N–H and O–H groups in total. The van der Waals surface area contributed by atoms with Crippen molar-refractivity contribution in [3.05, 3.63) is 59.2 Å². The molecule has 148 valence electrons. The van der Waals surface area contributed by atoms with E-state index >= 15 is 0 Å². The van der Waals surface area contributed by atoms with Crippen LogP contribution in [-0.2, 0) is 19.1 Å². The van der Waals surface area contributed by atoms with Gasteiger partial charge in [-0.3, -0.25) is 14.4 Å². The van der Waals surface area contributed by atoms with Gasteiger partial charge in [0.1, 0.15) is 0 Å². The van der Waals surface area contributed by atoms with Gasteiger partial charge in [0, 0.05) is 24.3 Å². The van der Waals surface area contributed by atoms with Crippen LogP contribution in [0.4, 0.5) is 11.4 Å². The van der Waals surface area contributed by atoms with Gasteiger partial charge < -0.3 is 15.0 Å². The zero-order valence-corrected chi connectivity index (χ0v) is 16.3. The lowest BCUT2D eigenvalue weighted by molar-refractivity contribution is -0.151. The normalized spacial score (nSPS) is 15.7. The Kier molecular flexibility index (Phi) is 5.93. The van der Waals surface area contributed by atoms with E-state index in [-0.39, 0.29) is 18.9 Å². The number of nitriles is 1. The highest BCUT2D eigenvalue weighted by atomic mass is 16.5. The number of carbonyl (C=O) groups excluding carboxylic acids is 3. The fourth-order valence-corrected chi connectivity index (χ4v) is 3.21. The fraction of sp³-hybridized carbons (Fsp3) is 0.273. The number of nitrogens with zero attached hydrogens (tertiary/aromatic N) is 2. The van der Waals surface area contributed by atoms with Crippen molar-refractivity contribution in [2.45, 2.75) is 20.3 Å². The minimum Gasteiger partial charge on any atom is -0.455 e. The van der Waals surface area contributed by atoms with Crippen molar-refractivity contribution >= 4 is 29.2 Å². The third-order valence-electron chi connectivity index (χ3n) is 4.97. The molecule has 7 nitrogen and oxygen atoms in total. The van der Waals surface area contributed by atoms with Crippen molar-refractivity contribution in [1.82, 2.24) is 0 Å². The summed E-state index contributed by atoms with van der Waals surface area (Å²) in [7, 11) is 0. The summed E-state index contributed by atoms with van der Waals surface area (Å²) in [6.45, 7) is 3.71. The lowest BCUT2D eigenvalue weighted by Crippen LogP contribution is -2.28. The first-order valence-electron chi connectivity index (χ1n) is 9.22. The van der Waals surface area contributed by atoms with Gasteiger partial charge in [-0.15, -0.1) is 0 Å². The number of ether oxygens (including phenoxy) is 1. The van der Waals surface area contributed by atoms with Crippen LogP contribution >= 0.6 is 0 Å². The molecule has 0 saturated carbocycles. The van der Waals surface area contributed by atoms with Crippen molar-refractivity contribution in [3.63, 3.8) is 0 Å². The molecule has 7 heteroatoms. The molecule has 1 aliphatic heterocycles. The highest BCUT2D eigenvalue weighted by Crippen LogP contribution is 2.29. The van der Waals surface area contributed by atoms with E-state index in [9.17, 15) is 14.4 Å². The Morgan fingerprint density at radius 2 is 1.93 bits per heavy atom. The molecule has 0 aliphatic carbocycles. The summed E-state index contributed by atoms with van der Waals surface area (Å²) >= 11 is 0. The van der Waals surface area contributed by atoms with E-state index in [2.05, 4.69) is 5.32 Å². The monoisotopic (exact) mass is 391 g/mol. The molecule has 0 bridgehead atoms. The second kappa shape index (κ2) is 8.57. The maximum Gasteiger partial charge on any atom is 0.311 e. The van der Waals surface area contributed by atoms with E-state index in [0.717, 1.165) is 16.8 Å². The molecule has 0 aromatic heterocycles. The number of esters is 1. The fourth-order valence-electron chi connectivity index (χ4n) is 3.21. The average Bonchev–Trinajstić information content (AvgIpc) is 3.10. The molecule has 2 aromatic carbocycles. The smallest absolute Gasteiger partial charge is 0.311 e. The molecule has 1 heterocycles. The summed E-state index contributed by atoms with van der Waals surface area (Å²) in [6.07, 6.45) is 0.0590. The molecular weight excluding hydrogens is 370 g/mol. The highest BCUT2D eigenvalue weighted by molar-refractivity contribution is 6.00. The third-order valence-corrected chi connectivity index (χ3v) is 4.97. The van der Waals surface area contributed by atoms with E-state index in [4.69, 9.17) is 10.00 Å². The average molecular weight is 391 g/mol. The molecule has 1 saturated heterocycles. The van der Waals surface area contributed by atoms with Gasteiger partial charge >= 0.3 is 5.97 Å². The predicted octanol–water partition coefficient (Wildman–Crippen LogP) is 2.71. The Labute approximate surface area is 168 Å². The van der Waals surface area contributed by atoms with Crippen LogP contribution < -0.4 is 10.2 Å². The molecule has 0 radical (unpaired) electrons. The van der Waals surface area contributed by atoms with E-state index in [1.54, 1.807) is 29.2 Å². The number of amides is 2. The molecule has 1 fully saturated rings. The quantitative estimate of drug-likeness (QED) is 0.790. The molecule has 3 rings (SSSR count). The topological polar surface area (TPSA) is 99.5 Å². The number of hydrogen-bond acceptors (Lipinski definition) is 5. The van der Waals surface area contributed by atoms with Crippen LogP contribution in [0.5, 0.6) is 0 Å². The van der Waals surface area contributed by atoms with E-state index in [0.29, 0.717) is 11.3 Å². The van der Waals surface area contributed by atoms with Crippen molar-refractivity contribution in [2.75, 3.05) is 23.4 Å². The van der Waals surface area contributed by atoms with Crippen LogP contribution in [0.15, 0.2) is 42.5 Å². The summed E-state index contributed by atoms with van der Waals surface area (Å²) in [6, 6.07) is 14.0. The Morgan fingerprint density at radius 1 is 1.21 bits per heavy atom. The van der Waals surface area contributed by atoms with Gasteiger partial charge in [-0.2, -0.15) is 5.26 Å². The standard InChI is InChI=1S/C22H21N3O4/c1-14-4-3-5-19(15(14)2)25-12-17(10-21(25)27)22(28)29-13-20(26)24-18-8-6-16(11-23)7-9-18/h3-9,17H,10,12-13H2,1-2H3,(H,24,26)/t17-/m0/s1. The zero-order chi connectivity index (χ0) is 21.0. The van der Waals surface area contributed by atoms with Crippen LogP contribution in [0.2, 0.25) is 0 Å². The Bertz CT molecular complexity index is 992. The zero-order valence-electron chi connectivity index (χ0n) is 16.3. The van der Waals surface area contributed by atoms with E-state index in [1.807, 2.05) is 38.1 Å². The lowest BCUT2D eigenvalue weighted by Gasteiger charge is -2.20. The van der Waals surface area contributed by atoms with Crippen molar-refractivity contribution in [3.8, 4) is 6.07 Å². The van der Waals surface area contributed by atoms with Gasteiger partial charge in [0.2, 0.25) is 5.91 Å². The van der Waals surface area contributed by atoms with Crippen LogP contribution in [0.25, 0.3) is 0 Å². The van der Waals surface area contributed by atoms with Crippen LogP contribution in [0.3, 0.4) is 0 Å². The Hall–Kier alpha value is -3.66. The molecule has 0 spiro atoms. The van der Waals surface area contributed by atoms with E-state index in [1.165, 1.54) is 0 Å². The number of carbonyl (C=O) groups is 3. The van der Waals surface area contributed by atoms with Crippen molar-refractivity contribution in [1.29, 1.82) is 5.26 Å². The summed E-state index contributed by atoms with van der Waals surface area (Å²) in [5.74, 6) is -1.80. The maximum absolute atomic E-state index is 12.4. The highest BCUT2D eigenvalue weighted by Gasteiger charge is 2.37. The molecule has 1 aliphatic rings. The third kappa shape index (κ3) is 4.61. The molecule has 0 unspecified atom stereocenters. The van der Waals surface area contributed by atoms with Gasteiger partial charge in [-0.05, 0) is 55.3 Å². The predicted molar refractivity (Wildman–Crippen MR) is 107 cm³/mol. The summed E-state index contributed by atoms with van der Waals surface area (Å²) < 4.78 is 5.11. The second-order valence-electron chi connectivity index (χ2n) is 6.97. The number of anilines is 2. The molecular formula is C22H21N3O4. The van der Waals surface area contributed by atoms with Gasteiger partial charge in [0.05, 0.1) is 17.6 Å². The van der Waals surface area contributed by atoms with Gasteiger partial charge in [-0.1, -0.05) is 12.1 Å². The largest absolute Gasteiger partial charge is 0.455 e. The van der Waals surface area contributed by atoms with Crippen molar-refractivity contribution < 1.29 is 19.1 Å². The maximum atomic E-state index is 12.4. The SMILES string of the molecule is Cc1cccc(N2C[C@@H](C(=O)OCC(=O)Nc3ccc(C#N)cc3)CC2=O)c1C. The molecule has 29 heavy (non-hydrogen) atoms. The van der Waals surface area contributed by atoms with Crippen LogP contribution in [0, 0.1) is 31.1 Å². The minimum absolute atomic E-state index is 0.0590. The number of hydrogen-bond donors (Lipinski definition) is 1. The lowest BCUT2D eigenvalue weighted by atomic mass is 10.1. The number of rotatable bonds is 5. The molecule has 2 amide bonds. The first kappa shape index (κ1) is 20.1. The number of nitrogens with one attached hydrogen (secondary N) is 1.